The molecular weight excluding hydrogens is 820 g/mol. The second-order valence-corrected chi connectivity index (χ2v) is 22.5. The lowest BCUT2D eigenvalue weighted by Crippen LogP contribution is -2.68. The van der Waals surface area contributed by atoms with Crippen molar-refractivity contribution in [3.05, 3.63) is 302 Å². The van der Waals surface area contributed by atoms with Gasteiger partial charge >= 0.3 is 0 Å². The Kier molecular flexibility index (Phi) is 13.5. The van der Waals surface area contributed by atoms with Crippen LogP contribution in [0.5, 0.6) is 0 Å². The minimum atomic E-state index is -3.48. The summed E-state index contributed by atoms with van der Waals surface area (Å²) < 4.78 is 0. The molecule has 0 spiro atoms. The quantitative estimate of drug-likeness (QED) is 0.0547. The largest absolute Gasteiger partial charge is 0.249 e. The Bertz CT molecular complexity index is 2650. The number of hydrogen-bond donors (Lipinski definition) is 0. The molecule has 0 saturated carbocycles. The highest BCUT2D eigenvalue weighted by Crippen LogP contribution is 2.30. The normalized spacial score (nSPS) is 11.4. The van der Waals surface area contributed by atoms with Crippen LogP contribution in [0.4, 0.5) is 0 Å². The summed E-state index contributed by atoms with van der Waals surface area (Å²) >= 11 is 9.32. The van der Waals surface area contributed by atoms with Gasteiger partial charge < -0.3 is 0 Å². The Hall–Kier alpha value is -6.51. The van der Waals surface area contributed by atoms with Crippen molar-refractivity contribution in [1.29, 1.82) is 0 Å². The van der Waals surface area contributed by atoms with Gasteiger partial charge in [0.1, 0.15) is 0 Å². The lowest BCUT2D eigenvalue weighted by molar-refractivity contribution is 1.13. The molecule has 0 heterocycles. The number of benzene rings is 9. The van der Waals surface area contributed by atoms with E-state index in [2.05, 4.69) is 239 Å². The van der Waals surface area contributed by atoms with Crippen molar-refractivity contribution in [2.75, 3.05) is 0 Å². The molecule has 9 aromatic rings. The predicted octanol–water partition coefficient (Wildman–Crippen LogP) is 13.4. The van der Waals surface area contributed by atoms with Crippen molar-refractivity contribution < 1.29 is 0 Å². The molecule has 0 nitrogen and oxygen atoms in total. The monoisotopic (exact) mass is 876 g/mol. The second-order valence-electron chi connectivity index (χ2n) is 18.0. The molecule has 0 aliphatic carbocycles. The van der Waals surface area contributed by atoms with E-state index in [-0.39, 0.29) is 0 Å². The van der Waals surface area contributed by atoms with Crippen LogP contribution in [0, 0.1) is 20.8 Å². The fraction of sp³-hybridized carbons (Fsp3) is 0.143. The molecule has 0 saturated heterocycles. The zero-order valence-electron chi connectivity index (χ0n) is 37.9. The molecule has 0 unspecified atom stereocenters. The highest BCUT2D eigenvalue weighted by atomic mass is 35.6. The lowest BCUT2D eigenvalue weighted by Gasteiger charge is -2.37. The van der Waals surface area contributed by atoms with E-state index in [0.29, 0.717) is 0 Å². The van der Waals surface area contributed by atoms with E-state index in [9.17, 15) is 11.1 Å². The van der Waals surface area contributed by atoms with Crippen molar-refractivity contribution >= 4 is 34.0 Å². The number of hydrogen-bond acceptors (Lipinski definition) is 0. The molecule has 0 aliphatic rings. The molecule has 0 amide bonds. The summed E-state index contributed by atoms with van der Waals surface area (Å²) in [7, 11) is -3.48. The van der Waals surface area contributed by atoms with Gasteiger partial charge in [0.15, 0.2) is 0 Å². The summed E-state index contributed by atoms with van der Waals surface area (Å²) in [6, 6.07) is 80.5. The van der Waals surface area contributed by atoms with Gasteiger partial charge in [-0.2, -0.15) is 0 Å². The zero-order chi connectivity index (χ0) is 44.6. The molecule has 0 bridgehead atoms. The summed E-state index contributed by atoms with van der Waals surface area (Å²) in [4.78, 5) is 0. The van der Waals surface area contributed by atoms with Gasteiger partial charge in [-0.25, -0.2) is 0 Å². The van der Waals surface area contributed by atoms with Crippen LogP contribution in [0.15, 0.2) is 218 Å². The van der Waals surface area contributed by atoms with Gasteiger partial charge in [-0.3, -0.25) is 0 Å². The number of rotatable bonds is 15. The zero-order valence-corrected chi connectivity index (χ0v) is 39.7. The maximum absolute atomic E-state index is 9.32. The van der Waals surface area contributed by atoms with Gasteiger partial charge in [-0.05, 0) is 158 Å². The highest BCUT2D eigenvalue weighted by molar-refractivity contribution is 7.41. The van der Waals surface area contributed by atoms with E-state index in [4.69, 9.17) is 0 Å². The minimum Gasteiger partial charge on any atom is -0.149 e. The lowest BCUT2D eigenvalue weighted by atomic mass is 9.96. The fourth-order valence-corrected chi connectivity index (χ4v) is 17.2. The summed E-state index contributed by atoms with van der Waals surface area (Å²) in [5, 5.41) is 3.96. The molecule has 320 valence electrons. The van der Waals surface area contributed by atoms with Gasteiger partial charge in [0.25, 0.3) is 0 Å². The van der Waals surface area contributed by atoms with Crippen LogP contribution in [0.2, 0.25) is 0 Å². The van der Waals surface area contributed by atoms with Crippen LogP contribution in [0.3, 0.4) is 0 Å². The van der Waals surface area contributed by atoms with Crippen LogP contribution in [-0.2, 0) is 38.5 Å². The highest BCUT2D eigenvalue weighted by Gasteiger charge is 2.46. The van der Waals surface area contributed by atoms with Crippen molar-refractivity contribution in [1.82, 2.24) is 0 Å². The van der Waals surface area contributed by atoms with E-state index < -0.39 is 7.38 Å². The average molecular weight is 878 g/mol. The van der Waals surface area contributed by atoms with E-state index in [1.54, 1.807) is 0 Å². The number of aryl methyl sites for hydroxylation is 3. The Balaban J connectivity index is 1.36. The first-order valence-electron chi connectivity index (χ1n) is 23.1. The molecule has 9 aromatic carbocycles. The van der Waals surface area contributed by atoms with E-state index in [1.807, 2.05) is 0 Å². The third-order valence-electron chi connectivity index (χ3n) is 12.9. The summed E-state index contributed by atoms with van der Waals surface area (Å²) in [6.07, 6.45) is 4.96. The molecular formula is C63H57ClSi. The van der Waals surface area contributed by atoms with Crippen LogP contribution < -0.4 is 15.6 Å². The maximum Gasteiger partial charge on any atom is 0.249 e. The molecule has 65 heavy (non-hydrogen) atoms. The summed E-state index contributed by atoms with van der Waals surface area (Å²) in [5.74, 6) is 0. The fourth-order valence-electron chi connectivity index (χ4n) is 10.3. The Morgan fingerprint density at radius 2 is 0.462 bits per heavy atom. The van der Waals surface area contributed by atoms with Crippen LogP contribution in [0.25, 0.3) is 0 Å². The van der Waals surface area contributed by atoms with Crippen molar-refractivity contribution in [2.45, 2.75) is 59.3 Å². The van der Waals surface area contributed by atoms with Crippen LogP contribution in [-0.4, -0.2) is 7.38 Å². The molecule has 0 radical (unpaired) electrons. The topological polar surface area (TPSA) is 0 Å². The number of halogens is 1. The minimum absolute atomic E-state index is 0.791. The SMILES string of the molecule is Cc1cc(Cc2ccccc2)cc(Cc2ccccc2)c1[Si](Cl)(c1c(C)cc(Cc2ccccc2)cc1Cc1ccccc1)c1c(C)cc(Cc2ccccc2)cc1Cc1ccccc1. The van der Waals surface area contributed by atoms with Crippen LogP contribution in [0.1, 0.15) is 83.5 Å². The summed E-state index contributed by atoms with van der Waals surface area (Å²) in [5.41, 5.74) is 19.5. The average Bonchev–Trinajstić information content (AvgIpc) is 3.30. The molecule has 0 aliphatic heterocycles. The third-order valence-corrected chi connectivity index (χ3v) is 18.8. The van der Waals surface area contributed by atoms with Gasteiger partial charge in [0.05, 0.1) is 0 Å². The van der Waals surface area contributed by atoms with Crippen LogP contribution >= 0.6 is 11.1 Å². The van der Waals surface area contributed by atoms with E-state index in [0.717, 1.165) is 38.5 Å². The Labute approximate surface area is 393 Å². The van der Waals surface area contributed by atoms with Gasteiger partial charge in [0, 0.05) is 0 Å². The van der Waals surface area contributed by atoms with Gasteiger partial charge in [-0.1, -0.05) is 218 Å². The molecule has 0 fully saturated rings. The molecule has 9 rings (SSSR count). The van der Waals surface area contributed by atoms with Crippen molar-refractivity contribution in [3.63, 3.8) is 0 Å². The first-order valence-corrected chi connectivity index (χ1v) is 26.1. The van der Waals surface area contributed by atoms with E-state index in [1.165, 1.54) is 99.0 Å². The smallest absolute Gasteiger partial charge is 0.149 e. The molecule has 2 heteroatoms. The van der Waals surface area contributed by atoms with E-state index >= 15 is 0 Å². The molecule has 0 atom stereocenters. The predicted molar refractivity (Wildman–Crippen MR) is 280 cm³/mol. The van der Waals surface area contributed by atoms with Gasteiger partial charge in [-0.15, -0.1) is 11.1 Å². The third kappa shape index (κ3) is 10.2. The molecule has 0 N–H and O–H groups in total. The molecule has 0 aromatic heterocycles. The first kappa shape index (κ1) is 43.7. The van der Waals surface area contributed by atoms with Gasteiger partial charge in [0.2, 0.25) is 7.38 Å². The summed E-state index contributed by atoms with van der Waals surface area (Å²) in [6.45, 7) is 7.02. The van der Waals surface area contributed by atoms with Crippen molar-refractivity contribution in [3.8, 4) is 0 Å². The first-order chi connectivity index (χ1) is 31.8. The van der Waals surface area contributed by atoms with Crippen molar-refractivity contribution in [2.24, 2.45) is 0 Å². The Morgan fingerprint density at radius 1 is 0.262 bits per heavy atom. The Morgan fingerprint density at radius 3 is 0.677 bits per heavy atom. The standard InChI is InChI=1S/C63H57ClSi/c1-46-34-55(37-49-22-10-4-11-23-49)43-58(40-52-28-16-7-17-29-52)61(46)65(64,62-47(2)35-56(38-50-24-12-5-13-25-50)44-59(62)41-53-30-18-8-19-31-53)63-48(3)36-57(39-51-26-14-6-15-27-51)45-60(63)42-54-32-20-9-21-33-54/h4-36,43-45H,37-42H2,1-3H3. The second kappa shape index (κ2) is 20.1. The maximum atomic E-state index is 9.32.